The van der Waals surface area contributed by atoms with Crippen molar-refractivity contribution in [2.24, 2.45) is 11.7 Å². The van der Waals surface area contributed by atoms with Crippen LogP contribution in [0.2, 0.25) is 0 Å². The van der Waals surface area contributed by atoms with Crippen molar-refractivity contribution in [1.82, 2.24) is 9.97 Å². The summed E-state index contributed by atoms with van der Waals surface area (Å²) in [6.45, 7) is 3.03. The van der Waals surface area contributed by atoms with Crippen LogP contribution in [0.1, 0.15) is 18.5 Å². The average molecular weight is 206 g/mol. The maximum absolute atomic E-state index is 5.76. The van der Waals surface area contributed by atoms with Gasteiger partial charge in [-0.1, -0.05) is 0 Å². The number of nitrogens with two attached hydrogens (primary N) is 1. The van der Waals surface area contributed by atoms with Gasteiger partial charge in [0.05, 0.1) is 0 Å². The molecule has 0 saturated heterocycles. The van der Waals surface area contributed by atoms with Crippen LogP contribution in [-0.2, 0) is 0 Å². The van der Waals surface area contributed by atoms with Crippen molar-refractivity contribution in [2.75, 3.05) is 18.5 Å². The van der Waals surface area contributed by atoms with Gasteiger partial charge in [-0.3, -0.25) is 0 Å². The van der Waals surface area contributed by atoms with Crippen molar-refractivity contribution in [2.45, 2.75) is 25.8 Å². The lowest BCUT2D eigenvalue weighted by molar-refractivity contribution is 0.270. The van der Waals surface area contributed by atoms with E-state index in [-0.39, 0.29) is 0 Å². The van der Waals surface area contributed by atoms with Crippen LogP contribution in [0.4, 0.5) is 5.82 Å². The highest BCUT2D eigenvalue weighted by Crippen LogP contribution is 2.27. The normalized spacial score (nSPS) is 24.7. The van der Waals surface area contributed by atoms with Crippen molar-refractivity contribution in [1.29, 1.82) is 0 Å². The molecule has 0 unspecified atom stereocenters. The zero-order valence-corrected chi connectivity index (χ0v) is 9.35. The molecule has 0 atom stereocenters. The van der Waals surface area contributed by atoms with Crippen LogP contribution in [-0.4, -0.2) is 29.6 Å². The molecule has 1 fully saturated rings. The van der Waals surface area contributed by atoms with Crippen molar-refractivity contribution in [3.8, 4) is 0 Å². The molecule has 2 rings (SSSR count). The summed E-state index contributed by atoms with van der Waals surface area (Å²) in [6, 6.07) is 2.44. The summed E-state index contributed by atoms with van der Waals surface area (Å²) in [5.41, 5.74) is 6.77. The van der Waals surface area contributed by atoms with Crippen molar-refractivity contribution < 1.29 is 0 Å². The molecule has 0 aliphatic heterocycles. The Morgan fingerprint density at radius 1 is 1.47 bits per heavy atom. The lowest BCUT2D eigenvalue weighted by Crippen LogP contribution is -2.42. The average Bonchev–Trinajstić information content (AvgIpc) is 2.15. The van der Waals surface area contributed by atoms with E-state index >= 15 is 0 Å². The minimum atomic E-state index is 0.426. The Kier molecular flexibility index (Phi) is 2.86. The Hall–Kier alpha value is -1.16. The predicted octanol–water partition coefficient (Wildman–Crippen LogP) is 0.959. The summed E-state index contributed by atoms with van der Waals surface area (Å²) >= 11 is 0. The van der Waals surface area contributed by atoms with Gasteiger partial charge in [0.25, 0.3) is 0 Å². The Morgan fingerprint density at radius 3 is 2.80 bits per heavy atom. The Balaban J connectivity index is 1.93. The van der Waals surface area contributed by atoms with Gasteiger partial charge in [0.15, 0.2) is 0 Å². The molecule has 4 nitrogen and oxygen atoms in total. The van der Waals surface area contributed by atoms with Gasteiger partial charge >= 0.3 is 0 Å². The predicted molar refractivity (Wildman–Crippen MR) is 60.7 cm³/mol. The summed E-state index contributed by atoms with van der Waals surface area (Å²) in [5, 5.41) is 0. The molecule has 0 radical (unpaired) electrons. The fourth-order valence-corrected chi connectivity index (χ4v) is 2.07. The third kappa shape index (κ3) is 2.45. The SMILES string of the molecule is Cc1cc(N(C)CC2CC(N)C2)ncn1. The molecule has 0 bridgehead atoms. The number of hydrogen-bond donors (Lipinski definition) is 1. The van der Waals surface area contributed by atoms with Crippen molar-refractivity contribution in [3.63, 3.8) is 0 Å². The van der Waals surface area contributed by atoms with E-state index in [2.05, 4.69) is 21.9 Å². The fourth-order valence-electron chi connectivity index (χ4n) is 2.07. The van der Waals surface area contributed by atoms with E-state index in [9.17, 15) is 0 Å². The topological polar surface area (TPSA) is 55.0 Å². The first-order chi connectivity index (χ1) is 7.15. The molecule has 1 aromatic heterocycles. The van der Waals surface area contributed by atoms with Crippen LogP contribution >= 0.6 is 0 Å². The molecular weight excluding hydrogens is 188 g/mol. The zero-order chi connectivity index (χ0) is 10.8. The highest BCUT2D eigenvalue weighted by atomic mass is 15.2. The first-order valence-electron chi connectivity index (χ1n) is 5.40. The standard InChI is InChI=1S/C11H18N4/c1-8-3-11(14-7-13-8)15(2)6-9-4-10(12)5-9/h3,7,9-10H,4-6,12H2,1-2H3. The molecule has 0 aromatic carbocycles. The van der Waals surface area contributed by atoms with E-state index in [1.54, 1.807) is 6.33 Å². The number of hydrogen-bond acceptors (Lipinski definition) is 4. The van der Waals surface area contributed by atoms with Crippen molar-refractivity contribution in [3.05, 3.63) is 18.1 Å². The van der Waals surface area contributed by atoms with Gasteiger partial charge in [-0.15, -0.1) is 0 Å². The smallest absolute Gasteiger partial charge is 0.131 e. The summed E-state index contributed by atoms with van der Waals surface area (Å²) in [6.07, 6.45) is 3.91. The van der Waals surface area contributed by atoms with Gasteiger partial charge in [0.2, 0.25) is 0 Å². The lowest BCUT2D eigenvalue weighted by atomic mass is 9.80. The molecule has 2 N–H and O–H groups in total. The zero-order valence-electron chi connectivity index (χ0n) is 9.35. The van der Waals surface area contributed by atoms with Crippen LogP contribution in [0.15, 0.2) is 12.4 Å². The summed E-state index contributed by atoms with van der Waals surface area (Å²) in [7, 11) is 2.08. The Bertz CT molecular complexity index is 333. The first-order valence-corrected chi connectivity index (χ1v) is 5.40. The third-order valence-electron chi connectivity index (χ3n) is 2.98. The molecule has 0 spiro atoms. The second-order valence-corrected chi connectivity index (χ2v) is 4.50. The van der Waals surface area contributed by atoms with Gasteiger partial charge in [0, 0.05) is 31.4 Å². The van der Waals surface area contributed by atoms with Crippen LogP contribution < -0.4 is 10.6 Å². The number of nitrogens with zero attached hydrogens (tertiary/aromatic N) is 3. The monoisotopic (exact) mass is 206 g/mol. The molecule has 1 saturated carbocycles. The van der Waals surface area contributed by atoms with Crippen LogP contribution in [0.5, 0.6) is 0 Å². The number of anilines is 1. The van der Waals surface area contributed by atoms with E-state index in [4.69, 9.17) is 5.73 Å². The summed E-state index contributed by atoms with van der Waals surface area (Å²) in [5.74, 6) is 1.74. The minimum Gasteiger partial charge on any atom is -0.359 e. The summed E-state index contributed by atoms with van der Waals surface area (Å²) in [4.78, 5) is 10.5. The molecule has 82 valence electrons. The molecular formula is C11H18N4. The number of aromatic nitrogens is 2. The highest BCUT2D eigenvalue weighted by Gasteiger charge is 2.26. The van der Waals surface area contributed by atoms with Gasteiger partial charge in [0.1, 0.15) is 12.1 Å². The van der Waals surface area contributed by atoms with Gasteiger partial charge in [-0.25, -0.2) is 9.97 Å². The Labute approximate surface area is 90.5 Å². The van der Waals surface area contributed by atoms with Crippen LogP contribution in [0.25, 0.3) is 0 Å². The molecule has 1 aromatic rings. The molecule has 0 amide bonds. The van der Waals surface area contributed by atoms with E-state index in [0.29, 0.717) is 6.04 Å². The van der Waals surface area contributed by atoms with Gasteiger partial charge in [-0.05, 0) is 25.7 Å². The fraction of sp³-hybridized carbons (Fsp3) is 0.636. The maximum Gasteiger partial charge on any atom is 0.131 e. The molecule has 15 heavy (non-hydrogen) atoms. The van der Waals surface area contributed by atoms with E-state index in [1.165, 1.54) is 0 Å². The van der Waals surface area contributed by atoms with Crippen molar-refractivity contribution >= 4 is 5.82 Å². The van der Waals surface area contributed by atoms with Gasteiger partial charge in [-0.2, -0.15) is 0 Å². The quantitative estimate of drug-likeness (QED) is 0.800. The molecule has 1 heterocycles. The summed E-state index contributed by atoms with van der Waals surface area (Å²) < 4.78 is 0. The highest BCUT2D eigenvalue weighted by molar-refractivity contribution is 5.37. The van der Waals surface area contributed by atoms with E-state index in [0.717, 1.165) is 36.8 Å². The molecule has 1 aliphatic carbocycles. The van der Waals surface area contributed by atoms with E-state index in [1.807, 2.05) is 13.0 Å². The van der Waals surface area contributed by atoms with Crippen LogP contribution in [0, 0.1) is 12.8 Å². The minimum absolute atomic E-state index is 0.426. The largest absolute Gasteiger partial charge is 0.359 e. The molecule has 4 heteroatoms. The second kappa shape index (κ2) is 4.14. The first kappa shape index (κ1) is 10.4. The van der Waals surface area contributed by atoms with Crippen LogP contribution in [0.3, 0.4) is 0 Å². The Morgan fingerprint density at radius 2 is 2.20 bits per heavy atom. The maximum atomic E-state index is 5.76. The van der Waals surface area contributed by atoms with Gasteiger partial charge < -0.3 is 10.6 Å². The molecule has 1 aliphatic rings. The lowest BCUT2D eigenvalue weighted by Gasteiger charge is -2.35. The number of aryl methyl sites for hydroxylation is 1. The van der Waals surface area contributed by atoms with E-state index < -0.39 is 0 Å². The second-order valence-electron chi connectivity index (χ2n) is 4.50. The third-order valence-corrected chi connectivity index (χ3v) is 2.98. The number of rotatable bonds is 3.